The summed E-state index contributed by atoms with van der Waals surface area (Å²) >= 11 is 0. The third-order valence-corrected chi connectivity index (χ3v) is 2.41. The summed E-state index contributed by atoms with van der Waals surface area (Å²) in [6.45, 7) is 4.17. The summed E-state index contributed by atoms with van der Waals surface area (Å²) in [6.07, 6.45) is 2.05. The smallest absolute Gasteiger partial charge is 0.328 e. The van der Waals surface area contributed by atoms with Gasteiger partial charge in [0.2, 0.25) is 5.91 Å². The van der Waals surface area contributed by atoms with Crippen LogP contribution in [0.5, 0.6) is 0 Å². The third-order valence-electron chi connectivity index (χ3n) is 2.41. The van der Waals surface area contributed by atoms with Gasteiger partial charge >= 0.3 is 5.97 Å². The molecule has 0 aromatic rings. The van der Waals surface area contributed by atoms with Crippen LogP contribution < -0.4 is 5.32 Å². The van der Waals surface area contributed by atoms with Crippen LogP contribution in [0.25, 0.3) is 0 Å². The van der Waals surface area contributed by atoms with E-state index in [0.717, 1.165) is 6.42 Å². The minimum absolute atomic E-state index is 0.0487. The molecule has 1 saturated heterocycles. The summed E-state index contributed by atoms with van der Waals surface area (Å²) in [5.41, 5.74) is 0. The maximum Gasteiger partial charge on any atom is 0.328 e. The first-order chi connectivity index (χ1) is 6.63. The lowest BCUT2D eigenvalue weighted by molar-refractivity contribution is -0.147. The largest absolute Gasteiger partial charge is 0.464 e. The molecule has 14 heavy (non-hydrogen) atoms. The fourth-order valence-electron chi connectivity index (χ4n) is 1.62. The van der Waals surface area contributed by atoms with E-state index in [4.69, 9.17) is 4.74 Å². The minimum atomic E-state index is -0.444. The van der Waals surface area contributed by atoms with Crippen molar-refractivity contribution in [2.45, 2.75) is 39.2 Å². The number of hydrogen-bond acceptors (Lipinski definition) is 3. The Morgan fingerprint density at radius 1 is 1.64 bits per heavy atom. The molecule has 2 atom stereocenters. The van der Waals surface area contributed by atoms with Crippen LogP contribution >= 0.6 is 0 Å². The van der Waals surface area contributed by atoms with Gasteiger partial charge < -0.3 is 10.1 Å². The van der Waals surface area contributed by atoms with E-state index in [1.165, 1.54) is 0 Å². The summed E-state index contributed by atoms with van der Waals surface area (Å²) in [6, 6.07) is -0.444. The van der Waals surface area contributed by atoms with Crippen molar-refractivity contribution in [3.8, 4) is 0 Å². The van der Waals surface area contributed by atoms with Gasteiger partial charge in [0, 0.05) is 6.42 Å². The van der Waals surface area contributed by atoms with Crippen LogP contribution in [0.4, 0.5) is 0 Å². The number of amides is 1. The summed E-state index contributed by atoms with van der Waals surface area (Å²) in [4.78, 5) is 22.6. The molecule has 0 radical (unpaired) electrons. The second-order valence-electron chi connectivity index (χ2n) is 3.75. The lowest BCUT2D eigenvalue weighted by Gasteiger charge is -2.15. The molecule has 1 N–H and O–H groups in total. The Morgan fingerprint density at radius 3 is 3.00 bits per heavy atom. The topological polar surface area (TPSA) is 55.4 Å². The summed E-state index contributed by atoms with van der Waals surface area (Å²) in [5.74, 6) is 0.0327. The lowest BCUT2D eigenvalue weighted by atomic mass is 9.99. The van der Waals surface area contributed by atoms with Gasteiger partial charge in [0.1, 0.15) is 6.04 Å². The van der Waals surface area contributed by atoms with Crippen molar-refractivity contribution in [3.63, 3.8) is 0 Å². The molecule has 0 saturated carbocycles. The number of rotatable bonds is 2. The zero-order valence-corrected chi connectivity index (χ0v) is 8.71. The molecular weight excluding hydrogens is 182 g/mol. The molecule has 80 valence electrons. The molecule has 0 bridgehead atoms. The molecule has 2 unspecified atom stereocenters. The van der Waals surface area contributed by atoms with Crippen molar-refractivity contribution in [2.24, 2.45) is 5.92 Å². The molecule has 4 heteroatoms. The summed E-state index contributed by atoms with van der Waals surface area (Å²) in [7, 11) is 0. The number of hydrogen-bond donors (Lipinski definition) is 1. The molecular formula is C10H17NO3. The Morgan fingerprint density at radius 2 is 2.36 bits per heavy atom. The van der Waals surface area contributed by atoms with Crippen molar-refractivity contribution >= 4 is 11.9 Å². The second kappa shape index (κ2) is 4.98. The molecule has 1 aliphatic rings. The van der Waals surface area contributed by atoms with E-state index in [9.17, 15) is 9.59 Å². The number of carbonyl (C=O) groups excluding carboxylic acids is 2. The van der Waals surface area contributed by atoms with Gasteiger partial charge in [0.25, 0.3) is 0 Å². The van der Waals surface area contributed by atoms with Crippen LogP contribution in [0.3, 0.4) is 0 Å². The average Bonchev–Trinajstić information content (AvgIpc) is 2.29. The molecule has 1 fully saturated rings. The quantitative estimate of drug-likeness (QED) is 0.671. The molecule has 1 rings (SSSR count). The summed E-state index contributed by atoms with van der Waals surface area (Å²) < 4.78 is 4.88. The van der Waals surface area contributed by atoms with Crippen LogP contribution in [0.15, 0.2) is 0 Å². The minimum Gasteiger partial charge on any atom is -0.464 e. The van der Waals surface area contributed by atoms with Crippen LogP contribution in [0.2, 0.25) is 0 Å². The number of esters is 1. The van der Waals surface area contributed by atoms with E-state index < -0.39 is 6.04 Å². The predicted octanol–water partition coefficient (Wildman–Crippen LogP) is 0.854. The molecule has 1 amide bonds. The van der Waals surface area contributed by atoms with Gasteiger partial charge in [-0.1, -0.05) is 6.92 Å². The van der Waals surface area contributed by atoms with E-state index in [1.807, 2.05) is 6.92 Å². The van der Waals surface area contributed by atoms with E-state index in [-0.39, 0.29) is 11.9 Å². The standard InChI is InChI=1S/C10H17NO3/c1-3-14-10(13)8-6-7(2)4-5-9(12)11-8/h7-8H,3-6H2,1-2H3,(H,11,12). The predicted molar refractivity (Wildman–Crippen MR) is 51.6 cm³/mol. The highest BCUT2D eigenvalue weighted by atomic mass is 16.5. The zero-order chi connectivity index (χ0) is 10.6. The van der Waals surface area contributed by atoms with Crippen molar-refractivity contribution in [3.05, 3.63) is 0 Å². The molecule has 0 aromatic heterocycles. The van der Waals surface area contributed by atoms with Gasteiger partial charge in [-0.2, -0.15) is 0 Å². The number of ether oxygens (including phenoxy) is 1. The van der Waals surface area contributed by atoms with Gasteiger partial charge in [-0.05, 0) is 25.7 Å². The normalized spacial score (nSPS) is 27.7. The maximum atomic E-state index is 11.4. The Bertz CT molecular complexity index is 227. The molecule has 4 nitrogen and oxygen atoms in total. The van der Waals surface area contributed by atoms with Gasteiger partial charge in [-0.25, -0.2) is 4.79 Å². The van der Waals surface area contributed by atoms with Crippen LogP contribution in [-0.4, -0.2) is 24.5 Å². The van der Waals surface area contributed by atoms with Crippen LogP contribution in [-0.2, 0) is 14.3 Å². The highest BCUT2D eigenvalue weighted by molar-refractivity contribution is 5.84. The fraction of sp³-hybridized carbons (Fsp3) is 0.800. The van der Waals surface area contributed by atoms with Crippen LogP contribution in [0, 0.1) is 5.92 Å². The number of carbonyl (C=O) groups is 2. The molecule has 1 aliphatic heterocycles. The zero-order valence-electron chi connectivity index (χ0n) is 8.71. The van der Waals surface area contributed by atoms with E-state index in [1.54, 1.807) is 6.92 Å². The Hall–Kier alpha value is -1.06. The molecule has 0 spiro atoms. The summed E-state index contributed by atoms with van der Waals surface area (Å²) in [5, 5.41) is 2.68. The SMILES string of the molecule is CCOC(=O)C1CC(C)CCC(=O)N1. The third kappa shape index (κ3) is 3.01. The highest BCUT2D eigenvalue weighted by Crippen LogP contribution is 2.17. The Kier molecular flexibility index (Phi) is 3.92. The maximum absolute atomic E-state index is 11.4. The monoisotopic (exact) mass is 199 g/mol. The van der Waals surface area contributed by atoms with E-state index in [0.29, 0.717) is 25.4 Å². The van der Waals surface area contributed by atoms with Gasteiger partial charge in [-0.3, -0.25) is 4.79 Å². The Labute approximate surface area is 84.0 Å². The van der Waals surface area contributed by atoms with Crippen molar-refractivity contribution < 1.29 is 14.3 Å². The van der Waals surface area contributed by atoms with Gasteiger partial charge in [0.05, 0.1) is 6.61 Å². The van der Waals surface area contributed by atoms with Crippen molar-refractivity contribution in [1.29, 1.82) is 0 Å². The highest BCUT2D eigenvalue weighted by Gasteiger charge is 2.27. The lowest BCUT2D eigenvalue weighted by Crippen LogP contribution is -2.40. The first-order valence-corrected chi connectivity index (χ1v) is 5.09. The first kappa shape index (κ1) is 11.0. The van der Waals surface area contributed by atoms with E-state index >= 15 is 0 Å². The second-order valence-corrected chi connectivity index (χ2v) is 3.75. The van der Waals surface area contributed by atoms with Gasteiger partial charge in [0.15, 0.2) is 0 Å². The first-order valence-electron chi connectivity index (χ1n) is 5.09. The average molecular weight is 199 g/mol. The van der Waals surface area contributed by atoms with E-state index in [2.05, 4.69) is 5.32 Å². The van der Waals surface area contributed by atoms with Crippen molar-refractivity contribution in [2.75, 3.05) is 6.61 Å². The molecule has 0 aliphatic carbocycles. The van der Waals surface area contributed by atoms with Crippen LogP contribution in [0.1, 0.15) is 33.1 Å². The van der Waals surface area contributed by atoms with Crippen molar-refractivity contribution in [1.82, 2.24) is 5.32 Å². The van der Waals surface area contributed by atoms with Gasteiger partial charge in [-0.15, -0.1) is 0 Å². The Balaban J connectivity index is 2.56. The fourth-order valence-corrected chi connectivity index (χ4v) is 1.62. The molecule has 1 heterocycles. The molecule has 0 aromatic carbocycles. The number of nitrogens with one attached hydrogen (secondary N) is 1.